The molecule has 0 aliphatic rings. The Bertz CT molecular complexity index is 585. The van der Waals surface area contributed by atoms with Crippen molar-refractivity contribution >= 4 is 44.4 Å². The van der Waals surface area contributed by atoms with Gasteiger partial charge in [-0.15, -0.1) is 0 Å². The number of thioether (sulfide) groups is 1. The summed E-state index contributed by atoms with van der Waals surface area (Å²) in [6, 6.07) is 7.23. The molecule has 0 bridgehead atoms. The van der Waals surface area contributed by atoms with Crippen LogP contribution in [-0.4, -0.2) is 11.5 Å². The van der Waals surface area contributed by atoms with Gasteiger partial charge in [-0.2, -0.15) is 5.26 Å². The first-order valence-corrected chi connectivity index (χ1v) is 6.22. The zero-order valence-corrected chi connectivity index (χ0v) is 10.5. The molecule has 1 heterocycles. The Kier molecular flexibility index (Phi) is 3.32. The number of nitriles is 1. The molecule has 1 aromatic heterocycles. The van der Waals surface area contributed by atoms with Crippen LogP contribution in [0.15, 0.2) is 33.2 Å². The van der Waals surface area contributed by atoms with Gasteiger partial charge in [-0.25, -0.2) is 0 Å². The lowest BCUT2D eigenvalue weighted by atomic mass is 10.2. The average molecular weight is 296 g/mol. The van der Waals surface area contributed by atoms with Crippen molar-refractivity contribution in [2.45, 2.75) is 0 Å². The van der Waals surface area contributed by atoms with Gasteiger partial charge in [0, 0.05) is 9.86 Å². The van der Waals surface area contributed by atoms with Gasteiger partial charge in [0.2, 0.25) is 5.78 Å². The van der Waals surface area contributed by atoms with Crippen LogP contribution in [0, 0.1) is 10.7 Å². The molecule has 0 saturated heterocycles. The highest BCUT2D eigenvalue weighted by atomic mass is 79.9. The van der Waals surface area contributed by atoms with E-state index < -0.39 is 0 Å². The standard InChI is InChI=1S/C11H6BrNO2S/c12-8-1-2-10-7(3-8)4-11(15-10)9(14)5-16-6-13/h1-4H,5H2. The van der Waals surface area contributed by atoms with Gasteiger partial charge in [-0.3, -0.25) is 4.79 Å². The van der Waals surface area contributed by atoms with E-state index >= 15 is 0 Å². The van der Waals surface area contributed by atoms with Crippen LogP contribution in [0.25, 0.3) is 11.0 Å². The second kappa shape index (κ2) is 4.73. The number of Topliss-reactive ketones (excluding diaryl/α,β-unsaturated/α-hetero) is 1. The first-order chi connectivity index (χ1) is 7.70. The summed E-state index contributed by atoms with van der Waals surface area (Å²) in [4.78, 5) is 11.6. The van der Waals surface area contributed by atoms with Crippen LogP contribution in [0.1, 0.15) is 10.6 Å². The third-order valence-corrected chi connectivity index (χ3v) is 3.05. The zero-order valence-electron chi connectivity index (χ0n) is 8.07. The Morgan fingerprint density at radius 1 is 1.50 bits per heavy atom. The largest absolute Gasteiger partial charge is 0.453 e. The number of furan rings is 1. The average Bonchev–Trinajstić information content (AvgIpc) is 2.68. The van der Waals surface area contributed by atoms with Gasteiger partial charge in [0.25, 0.3) is 0 Å². The summed E-state index contributed by atoms with van der Waals surface area (Å²) in [5.41, 5.74) is 0.675. The maximum atomic E-state index is 11.6. The smallest absolute Gasteiger partial charge is 0.208 e. The Labute approximate surface area is 105 Å². The monoisotopic (exact) mass is 295 g/mol. The number of nitrogens with zero attached hydrogens (tertiary/aromatic N) is 1. The molecule has 0 radical (unpaired) electrons. The summed E-state index contributed by atoms with van der Waals surface area (Å²) in [6.07, 6.45) is 0. The molecular formula is C11H6BrNO2S. The van der Waals surface area contributed by atoms with Gasteiger partial charge < -0.3 is 4.42 Å². The lowest BCUT2D eigenvalue weighted by Crippen LogP contribution is -1.99. The number of halogens is 1. The molecule has 0 aliphatic carbocycles. The van der Waals surface area contributed by atoms with Crippen LogP contribution in [0.3, 0.4) is 0 Å². The highest BCUT2D eigenvalue weighted by molar-refractivity contribution is 9.10. The molecule has 2 rings (SSSR count). The topological polar surface area (TPSA) is 54.0 Å². The van der Waals surface area contributed by atoms with Gasteiger partial charge in [-0.1, -0.05) is 15.9 Å². The van der Waals surface area contributed by atoms with Gasteiger partial charge in [-0.05, 0) is 36.0 Å². The van der Waals surface area contributed by atoms with Gasteiger partial charge in [0.15, 0.2) is 5.76 Å². The Balaban J connectivity index is 2.33. The summed E-state index contributed by atoms with van der Waals surface area (Å²) in [6.45, 7) is 0. The van der Waals surface area contributed by atoms with Crippen molar-refractivity contribution < 1.29 is 9.21 Å². The Hall–Kier alpha value is -1.25. The number of rotatable bonds is 3. The van der Waals surface area contributed by atoms with Crippen LogP contribution >= 0.6 is 27.7 Å². The number of carbonyl (C=O) groups excluding carboxylic acids is 1. The second-order valence-corrected chi connectivity index (χ2v) is 4.77. The third kappa shape index (κ3) is 2.29. The minimum atomic E-state index is -0.168. The molecule has 0 spiro atoms. The molecule has 16 heavy (non-hydrogen) atoms. The number of thiocyanates is 1. The summed E-state index contributed by atoms with van der Waals surface area (Å²) in [7, 11) is 0. The molecule has 3 nitrogen and oxygen atoms in total. The molecule has 2 aromatic rings. The number of ketones is 1. The number of hydrogen-bond acceptors (Lipinski definition) is 4. The van der Waals surface area contributed by atoms with Crippen LogP contribution in [-0.2, 0) is 0 Å². The quantitative estimate of drug-likeness (QED) is 0.641. The van der Waals surface area contributed by atoms with Crippen LogP contribution in [0.5, 0.6) is 0 Å². The fraction of sp³-hybridized carbons (Fsp3) is 0.0909. The third-order valence-electron chi connectivity index (χ3n) is 2.02. The van der Waals surface area contributed by atoms with Gasteiger partial charge >= 0.3 is 0 Å². The summed E-state index contributed by atoms with van der Waals surface area (Å²) in [5.74, 6) is 0.257. The van der Waals surface area contributed by atoms with Crippen LogP contribution < -0.4 is 0 Å². The first kappa shape index (κ1) is 11.2. The van der Waals surface area contributed by atoms with Crippen molar-refractivity contribution in [3.63, 3.8) is 0 Å². The van der Waals surface area contributed by atoms with E-state index in [0.717, 1.165) is 21.6 Å². The fourth-order valence-corrected chi connectivity index (χ4v) is 2.04. The van der Waals surface area contributed by atoms with E-state index in [2.05, 4.69) is 15.9 Å². The van der Waals surface area contributed by atoms with Crippen LogP contribution in [0.4, 0.5) is 0 Å². The number of benzene rings is 1. The predicted octanol–water partition coefficient (Wildman–Crippen LogP) is 3.59. The summed E-state index contributed by atoms with van der Waals surface area (Å²) in [5, 5.41) is 11.1. The van der Waals surface area contributed by atoms with Crippen molar-refractivity contribution in [2.75, 3.05) is 5.75 Å². The SMILES string of the molecule is N#CSCC(=O)c1cc2cc(Br)ccc2o1. The zero-order chi connectivity index (χ0) is 11.5. The predicted molar refractivity (Wildman–Crippen MR) is 66.3 cm³/mol. The van der Waals surface area contributed by atoms with E-state index in [4.69, 9.17) is 9.68 Å². The molecule has 5 heteroatoms. The molecule has 0 amide bonds. The minimum absolute atomic E-state index is 0.123. The maximum Gasteiger partial charge on any atom is 0.208 e. The van der Waals surface area contributed by atoms with E-state index in [1.807, 2.05) is 17.5 Å². The fourth-order valence-electron chi connectivity index (χ4n) is 1.32. The highest BCUT2D eigenvalue weighted by Gasteiger charge is 2.12. The van der Waals surface area contributed by atoms with Crippen molar-refractivity contribution in [2.24, 2.45) is 0 Å². The van der Waals surface area contributed by atoms with E-state index in [1.165, 1.54) is 0 Å². The molecule has 0 fully saturated rings. The molecule has 0 unspecified atom stereocenters. The van der Waals surface area contributed by atoms with Gasteiger partial charge in [0.1, 0.15) is 11.0 Å². The molecule has 0 atom stereocenters. The molecule has 80 valence electrons. The highest BCUT2D eigenvalue weighted by Crippen LogP contribution is 2.24. The van der Waals surface area contributed by atoms with E-state index in [9.17, 15) is 4.79 Å². The number of fused-ring (bicyclic) bond motifs is 1. The normalized spacial score (nSPS) is 10.2. The molecule has 0 N–H and O–H groups in total. The van der Waals surface area contributed by atoms with E-state index in [-0.39, 0.29) is 11.5 Å². The Morgan fingerprint density at radius 3 is 3.06 bits per heavy atom. The molecule has 1 aromatic carbocycles. The second-order valence-electron chi connectivity index (χ2n) is 3.10. The summed E-state index contributed by atoms with van der Waals surface area (Å²) >= 11 is 4.26. The van der Waals surface area contributed by atoms with Crippen molar-refractivity contribution in [1.82, 2.24) is 0 Å². The lowest BCUT2D eigenvalue weighted by Gasteiger charge is -1.90. The summed E-state index contributed by atoms with van der Waals surface area (Å²) < 4.78 is 6.33. The molecule has 0 saturated carbocycles. The first-order valence-electron chi connectivity index (χ1n) is 4.44. The van der Waals surface area contributed by atoms with E-state index in [1.54, 1.807) is 12.1 Å². The number of hydrogen-bond donors (Lipinski definition) is 0. The minimum Gasteiger partial charge on any atom is -0.453 e. The van der Waals surface area contributed by atoms with Gasteiger partial charge in [0.05, 0.1) is 5.75 Å². The van der Waals surface area contributed by atoms with E-state index in [0.29, 0.717) is 11.3 Å². The maximum absolute atomic E-state index is 11.6. The van der Waals surface area contributed by atoms with Crippen molar-refractivity contribution in [3.05, 3.63) is 34.5 Å². The van der Waals surface area contributed by atoms with Crippen LogP contribution in [0.2, 0.25) is 0 Å². The van der Waals surface area contributed by atoms with Crippen molar-refractivity contribution in [1.29, 1.82) is 5.26 Å². The number of carbonyl (C=O) groups is 1. The lowest BCUT2D eigenvalue weighted by molar-refractivity contribution is 0.0994. The molecular weight excluding hydrogens is 290 g/mol. The Morgan fingerprint density at radius 2 is 2.31 bits per heavy atom. The molecule has 0 aliphatic heterocycles. The van der Waals surface area contributed by atoms with Crippen molar-refractivity contribution in [3.8, 4) is 5.40 Å².